The number of halogens is 6. The maximum absolute atomic E-state index is 10.2. The van der Waals surface area contributed by atoms with Crippen LogP contribution in [0.5, 0.6) is 0 Å². The Morgan fingerprint density at radius 2 is 0.636 bits per heavy atom. The molecule has 0 aromatic rings. The first-order valence-electron chi connectivity index (χ1n) is 1.84. The van der Waals surface area contributed by atoms with Gasteiger partial charge in [-0.3, -0.25) is 0 Å². The Morgan fingerprint density at radius 1 is 0.636 bits per heavy atom. The number of hydrogen-bond donors (Lipinski definition) is 0. The van der Waals surface area contributed by atoms with Crippen molar-refractivity contribution in [1.82, 2.24) is 0 Å². The van der Waals surface area contributed by atoms with E-state index in [0.29, 0.717) is 0 Å². The molecule has 0 unspecified atom stereocenters. The van der Waals surface area contributed by atoms with Crippen LogP contribution in [0.3, 0.4) is 0 Å². The first-order valence-corrected chi connectivity index (χ1v) is 1.84. The molecule has 64 valence electrons. The first-order chi connectivity index (χ1) is 4.00. The summed E-state index contributed by atoms with van der Waals surface area (Å²) in [5, 5.41) is 0. The molecule has 0 aromatic heterocycles. The van der Waals surface area contributed by atoms with Crippen molar-refractivity contribution in [3.63, 3.8) is 0 Å². The summed E-state index contributed by atoms with van der Waals surface area (Å²) in [6.07, 6.45) is -8.50. The molecule has 11 heavy (non-hydrogen) atoms. The van der Waals surface area contributed by atoms with Crippen LogP contribution in [0, 0.1) is 13.8 Å². The molecule has 0 amide bonds. The zero-order valence-corrected chi connectivity index (χ0v) is 8.36. The van der Waals surface area contributed by atoms with Crippen molar-refractivity contribution in [2.45, 2.75) is 12.4 Å². The second kappa shape index (κ2) is 5.80. The van der Waals surface area contributed by atoms with Crippen LogP contribution >= 0.6 is 0 Å². The first kappa shape index (κ1) is 17.3. The summed E-state index contributed by atoms with van der Waals surface area (Å²) in [4.78, 5) is 0. The summed E-state index contributed by atoms with van der Waals surface area (Å²) in [6, 6.07) is 0. The van der Waals surface area contributed by atoms with E-state index < -0.39 is 12.4 Å². The Morgan fingerprint density at radius 3 is 0.636 bits per heavy atom. The predicted octanol–water partition coefficient (Wildman–Crippen LogP) is 2.76. The molecule has 0 aliphatic heterocycles. The minimum Gasteiger partial charge on any atom is -0.241 e. The van der Waals surface area contributed by atoms with E-state index in [1.807, 2.05) is 0 Å². The average molecular weight is 231 g/mol. The van der Waals surface area contributed by atoms with Crippen molar-refractivity contribution < 1.29 is 45.8 Å². The number of hydrogen-bond acceptors (Lipinski definition) is 0. The quantitative estimate of drug-likeness (QED) is 0.342. The van der Waals surface area contributed by atoms with Gasteiger partial charge in [0.1, 0.15) is 0 Å². The fraction of sp³-hybridized carbons (Fsp3) is 0.500. The molecule has 0 rings (SSSR count). The maximum Gasteiger partial charge on any atom is 2.00 e. The van der Waals surface area contributed by atoms with E-state index in [1.165, 1.54) is 0 Å². The predicted molar refractivity (Wildman–Crippen MR) is 22.8 cm³/mol. The van der Waals surface area contributed by atoms with Gasteiger partial charge in [-0.2, -0.15) is 0 Å². The van der Waals surface area contributed by atoms with Crippen LogP contribution in [-0.2, 0) is 19.5 Å². The fourth-order valence-electron chi connectivity index (χ4n) is 0. The topological polar surface area (TPSA) is 0 Å². The van der Waals surface area contributed by atoms with Crippen molar-refractivity contribution in [1.29, 1.82) is 0 Å². The molecular weight excluding hydrogens is 227 g/mol. The molecular formula is C4H4F6Zn. The molecule has 0 fully saturated rings. The average Bonchev–Trinajstić information content (AvgIpc) is 1.12. The van der Waals surface area contributed by atoms with Crippen molar-refractivity contribution in [3.8, 4) is 0 Å². The summed E-state index contributed by atoms with van der Waals surface area (Å²) in [5.41, 5.74) is 0. The van der Waals surface area contributed by atoms with Crippen molar-refractivity contribution in [2.24, 2.45) is 0 Å². The van der Waals surface area contributed by atoms with Gasteiger partial charge in [0.2, 0.25) is 0 Å². The van der Waals surface area contributed by atoms with E-state index in [0.717, 1.165) is 0 Å². The zero-order valence-electron chi connectivity index (χ0n) is 5.39. The normalized spacial score (nSPS) is 10.9. The van der Waals surface area contributed by atoms with Crippen LogP contribution in [0.2, 0.25) is 0 Å². The van der Waals surface area contributed by atoms with Gasteiger partial charge in [0.25, 0.3) is 12.4 Å². The van der Waals surface area contributed by atoms with Crippen LogP contribution in [0.4, 0.5) is 26.3 Å². The standard InChI is InChI=1S/2C2H2F3.Zn/c2*1-2(3,4)5;/h2*1H2;/q2*-1;+2. The largest absolute Gasteiger partial charge is 2.00 e. The van der Waals surface area contributed by atoms with Gasteiger partial charge >= 0.3 is 19.5 Å². The van der Waals surface area contributed by atoms with E-state index in [-0.39, 0.29) is 19.5 Å². The Bertz CT molecular complexity index is 57.6. The van der Waals surface area contributed by atoms with E-state index in [1.54, 1.807) is 13.8 Å². The Kier molecular flexibility index (Phi) is 9.14. The summed E-state index contributed by atoms with van der Waals surface area (Å²) in [6.45, 7) is 3.54. The van der Waals surface area contributed by atoms with E-state index in [9.17, 15) is 26.3 Å². The minimum absolute atomic E-state index is 0. The van der Waals surface area contributed by atoms with E-state index in [4.69, 9.17) is 0 Å². The Balaban J connectivity index is -0.000000107. The minimum atomic E-state index is -4.25. The summed E-state index contributed by atoms with van der Waals surface area (Å²) < 4.78 is 61.5. The van der Waals surface area contributed by atoms with Gasteiger partial charge in [0.05, 0.1) is 0 Å². The molecule has 0 heterocycles. The summed E-state index contributed by atoms with van der Waals surface area (Å²) in [7, 11) is 0. The molecule has 7 heteroatoms. The van der Waals surface area contributed by atoms with E-state index in [2.05, 4.69) is 0 Å². The molecule has 0 saturated heterocycles. The third-order valence-corrected chi connectivity index (χ3v) is 0. The smallest absolute Gasteiger partial charge is 0.241 e. The van der Waals surface area contributed by atoms with Crippen LogP contribution in [-0.4, -0.2) is 12.4 Å². The molecule has 0 bridgehead atoms. The molecule has 0 atom stereocenters. The molecule has 0 aliphatic rings. The van der Waals surface area contributed by atoms with Gasteiger partial charge in [-0.15, -0.1) is 0 Å². The summed E-state index contributed by atoms with van der Waals surface area (Å²) >= 11 is 0. The molecule has 0 saturated carbocycles. The number of alkyl halides is 6. The van der Waals surface area contributed by atoms with Gasteiger partial charge in [-0.05, 0) is 0 Å². The molecule has 0 nitrogen and oxygen atoms in total. The van der Waals surface area contributed by atoms with Gasteiger partial charge in [0, 0.05) is 0 Å². The Labute approximate surface area is 72.7 Å². The molecule has 0 radical (unpaired) electrons. The maximum atomic E-state index is 10.2. The SMILES string of the molecule is [CH2-]C(F)(F)F.[CH2-]C(F)(F)F.[Zn+2]. The number of rotatable bonds is 0. The second-order valence-corrected chi connectivity index (χ2v) is 1.23. The van der Waals surface area contributed by atoms with Crippen LogP contribution < -0.4 is 0 Å². The molecule has 0 aliphatic carbocycles. The fourth-order valence-corrected chi connectivity index (χ4v) is 0. The van der Waals surface area contributed by atoms with Crippen molar-refractivity contribution in [2.75, 3.05) is 0 Å². The van der Waals surface area contributed by atoms with Gasteiger partial charge in [-0.25, -0.2) is 40.2 Å². The zero-order chi connectivity index (χ0) is 9.00. The van der Waals surface area contributed by atoms with Crippen molar-refractivity contribution in [3.05, 3.63) is 13.8 Å². The van der Waals surface area contributed by atoms with Crippen LogP contribution in [0.25, 0.3) is 0 Å². The van der Waals surface area contributed by atoms with Gasteiger partial charge < -0.3 is 0 Å². The summed E-state index contributed by atoms with van der Waals surface area (Å²) in [5.74, 6) is 0. The molecule has 0 N–H and O–H groups in total. The second-order valence-electron chi connectivity index (χ2n) is 1.23. The van der Waals surface area contributed by atoms with Crippen molar-refractivity contribution >= 4 is 0 Å². The van der Waals surface area contributed by atoms with E-state index >= 15 is 0 Å². The molecule has 0 spiro atoms. The van der Waals surface area contributed by atoms with Crippen LogP contribution in [0.15, 0.2) is 0 Å². The van der Waals surface area contributed by atoms with Crippen LogP contribution in [0.1, 0.15) is 0 Å². The van der Waals surface area contributed by atoms with Gasteiger partial charge in [-0.1, -0.05) is 0 Å². The molecule has 0 aromatic carbocycles. The third kappa shape index (κ3) is 16600. The Hall–Kier alpha value is 0.203. The monoisotopic (exact) mass is 230 g/mol. The third-order valence-electron chi connectivity index (χ3n) is 0. The van der Waals surface area contributed by atoms with Gasteiger partial charge in [0.15, 0.2) is 0 Å².